The number of halogens is 2. The SMILES string of the molecule is COc1c(Br)cc(Br)cc1CNCC(C)(C)C#N. The van der Waals surface area contributed by atoms with E-state index in [0.29, 0.717) is 13.1 Å². The molecule has 5 heteroatoms. The van der Waals surface area contributed by atoms with Gasteiger partial charge in [0, 0.05) is 23.1 Å². The van der Waals surface area contributed by atoms with Crippen molar-refractivity contribution < 1.29 is 4.74 Å². The van der Waals surface area contributed by atoms with Gasteiger partial charge in [0.05, 0.1) is 23.1 Å². The van der Waals surface area contributed by atoms with Crippen molar-refractivity contribution in [1.29, 1.82) is 5.26 Å². The maximum atomic E-state index is 8.95. The smallest absolute Gasteiger partial charge is 0.137 e. The summed E-state index contributed by atoms with van der Waals surface area (Å²) in [5.74, 6) is 0.820. The third kappa shape index (κ3) is 4.27. The molecule has 0 aliphatic rings. The van der Waals surface area contributed by atoms with Gasteiger partial charge >= 0.3 is 0 Å². The summed E-state index contributed by atoms with van der Waals surface area (Å²) >= 11 is 6.92. The van der Waals surface area contributed by atoms with Gasteiger partial charge in [-0.25, -0.2) is 0 Å². The molecule has 0 bridgehead atoms. The van der Waals surface area contributed by atoms with Gasteiger partial charge < -0.3 is 10.1 Å². The number of ether oxygens (including phenoxy) is 1. The van der Waals surface area contributed by atoms with Crippen LogP contribution in [-0.4, -0.2) is 13.7 Å². The quantitative estimate of drug-likeness (QED) is 0.849. The molecule has 0 atom stereocenters. The summed E-state index contributed by atoms with van der Waals surface area (Å²) in [6.45, 7) is 5.12. The van der Waals surface area contributed by atoms with E-state index in [2.05, 4.69) is 43.2 Å². The second-order valence-electron chi connectivity index (χ2n) is 4.68. The number of hydrogen-bond donors (Lipinski definition) is 1. The largest absolute Gasteiger partial charge is 0.495 e. The monoisotopic (exact) mass is 374 g/mol. The van der Waals surface area contributed by atoms with Gasteiger partial charge in [0.15, 0.2) is 0 Å². The predicted molar refractivity (Wildman–Crippen MR) is 79.5 cm³/mol. The van der Waals surface area contributed by atoms with Crippen LogP contribution in [0.3, 0.4) is 0 Å². The minimum absolute atomic E-state index is 0.365. The van der Waals surface area contributed by atoms with Crippen LogP contribution >= 0.6 is 31.9 Å². The molecular formula is C13H16Br2N2O. The van der Waals surface area contributed by atoms with Crippen molar-refractivity contribution in [2.24, 2.45) is 5.41 Å². The number of nitrogens with one attached hydrogen (secondary N) is 1. The van der Waals surface area contributed by atoms with Crippen LogP contribution in [0.5, 0.6) is 5.75 Å². The molecule has 0 aromatic heterocycles. The fraction of sp³-hybridized carbons (Fsp3) is 0.462. The van der Waals surface area contributed by atoms with E-state index in [9.17, 15) is 0 Å². The molecule has 1 aromatic carbocycles. The van der Waals surface area contributed by atoms with E-state index in [4.69, 9.17) is 10.00 Å². The minimum atomic E-state index is -0.365. The Morgan fingerprint density at radius 2 is 2.06 bits per heavy atom. The Bertz CT molecular complexity index is 467. The zero-order chi connectivity index (χ0) is 13.8. The van der Waals surface area contributed by atoms with E-state index in [1.807, 2.05) is 26.0 Å². The van der Waals surface area contributed by atoms with Crippen molar-refractivity contribution in [2.75, 3.05) is 13.7 Å². The van der Waals surface area contributed by atoms with Gasteiger partial charge in [0.2, 0.25) is 0 Å². The van der Waals surface area contributed by atoms with Crippen LogP contribution in [-0.2, 0) is 6.54 Å². The summed E-state index contributed by atoms with van der Waals surface area (Å²) in [4.78, 5) is 0. The number of nitrogens with zero attached hydrogens (tertiary/aromatic N) is 1. The number of nitriles is 1. The molecule has 0 unspecified atom stereocenters. The maximum absolute atomic E-state index is 8.95. The van der Waals surface area contributed by atoms with Crippen LogP contribution in [0.1, 0.15) is 19.4 Å². The van der Waals surface area contributed by atoms with Crippen LogP contribution in [0.4, 0.5) is 0 Å². The lowest BCUT2D eigenvalue weighted by Gasteiger charge is -2.17. The van der Waals surface area contributed by atoms with Crippen LogP contribution in [0, 0.1) is 16.7 Å². The molecule has 98 valence electrons. The van der Waals surface area contributed by atoms with Gasteiger partial charge in [-0.3, -0.25) is 0 Å². The van der Waals surface area contributed by atoms with Crippen molar-refractivity contribution in [3.63, 3.8) is 0 Å². The maximum Gasteiger partial charge on any atom is 0.137 e. The molecule has 0 heterocycles. The molecule has 3 nitrogen and oxygen atoms in total. The topological polar surface area (TPSA) is 45.0 Å². The lowest BCUT2D eigenvalue weighted by atomic mass is 9.96. The molecule has 1 aromatic rings. The standard InChI is InChI=1S/C13H16Br2N2O/c1-13(2,7-16)8-17-6-9-4-10(14)5-11(15)12(9)18-3/h4-5,17H,6,8H2,1-3H3. The average Bonchev–Trinajstić information content (AvgIpc) is 2.28. The summed E-state index contributed by atoms with van der Waals surface area (Å²) in [5.41, 5.74) is 0.684. The number of hydrogen-bond acceptors (Lipinski definition) is 3. The van der Waals surface area contributed by atoms with Crippen molar-refractivity contribution in [3.05, 3.63) is 26.6 Å². The van der Waals surface area contributed by atoms with Crippen molar-refractivity contribution in [3.8, 4) is 11.8 Å². The van der Waals surface area contributed by atoms with E-state index in [1.54, 1.807) is 7.11 Å². The van der Waals surface area contributed by atoms with Crippen molar-refractivity contribution >= 4 is 31.9 Å². The molecule has 18 heavy (non-hydrogen) atoms. The van der Waals surface area contributed by atoms with E-state index < -0.39 is 0 Å². The highest BCUT2D eigenvalue weighted by Gasteiger charge is 2.16. The van der Waals surface area contributed by atoms with Crippen LogP contribution < -0.4 is 10.1 Å². The predicted octanol–water partition coefficient (Wildman–Crippen LogP) is 3.86. The van der Waals surface area contributed by atoms with Crippen LogP contribution in [0.15, 0.2) is 21.1 Å². The molecule has 1 N–H and O–H groups in total. The molecular weight excluding hydrogens is 360 g/mol. The lowest BCUT2D eigenvalue weighted by molar-refractivity contribution is 0.399. The fourth-order valence-electron chi connectivity index (χ4n) is 1.52. The first kappa shape index (κ1) is 15.5. The highest BCUT2D eigenvalue weighted by atomic mass is 79.9. The summed E-state index contributed by atoms with van der Waals surface area (Å²) in [7, 11) is 1.65. The highest BCUT2D eigenvalue weighted by molar-refractivity contribution is 9.11. The van der Waals surface area contributed by atoms with Crippen LogP contribution in [0.2, 0.25) is 0 Å². The third-order valence-corrected chi connectivity index (χ3v) is 3.52. The molecule has 0 amide bonds. The number of benzene rings is 1. The van der Waals surface area contributed by atoms with E-state index in [0.717, 1.165) is 20.3 Å². The Labute approximate surface area is 125 Å². The Morgan fingerprint density at radius 1 is 1.39 bits per heavy atom. The van der Waals surface area contributed by atoms with Gasteiger partial charge in [-0.1, -0.05) is 15.9 Å². The van der Waals surface area contributed by atoms with Gasteiger partial charge in [-0.05, 0) is 41.9 Å². The van der Waals surface area contributed by atoms with Crippen molar-refractivity contribution in [1.82, 2.24) is 5.32 Å². The van der Waals surface area contributed by atoms with Gasteiger partial charge in [-0.15, -0.1) is 0 Å². The van der Waals surface area contributed by atoms with E-state index in [-0.39, 0.29) is 5.41 Å². The first-order valence-corrected chi connectivity index (χ1v) is 7.12. The number of rotatable bonds is 5. The van der Waals surface area contributed by atoms with Crippen molar-refractivity contribution in [2.45, 2.75) is 20.4 Å². The molecule has 0 saturated heterocycles. The normalized spacial score (nSPS) is 11.1. The molecule has 0 aliphatic heterocycles. The third-order valence-electron chi connectivity index (χ3n) is 2.47. The second kappa shape index (κ2) is 6.55. The Balaban J connectivity index is 2.76. The average molecular weight is 376 g/mol. The van der Waals surface area contributed by atoms with Gasteiger partial charge in [0.1, 0.15) is 5.75 Å². The molecule has 0 fully saturated rings. The first-order valence-electron chi connectivity index (χ1n) is 5.53. The van der Waals surface area contributed by atoms with E-state index >= 15 is 0 Å². The fourth-order valence-corrected chi connectivity index (χ4v) is 3.00. The molecule has 0 spiro atoms. The summed E-state index contributed by atoms with van der Waals surface area (Å²) < 4.78 is 7.27. The molecule has 0 aliphatic carbocycles. The zero-order valence-corrected chi connectivity index (χ0v) is 13.9. The molecule has 0 radical (unpaired) electrons. The Morgan fingerprint density at radius 3 is 2.61 bits per heavy atom. The lowest BCUT2D eigenvalue weighted by Crippen LogP contribution is -2.27. The summed E-state index contributed by atoms with van der Waals surface area (Å²) in [6.07, 6.45) is 0. The second-order valence-corrected chi connectivity index (χ2v) is 6.45. The molecule has 0 saturated carbocycles. The van der Waals surface area contributed by atoms with Gasteiger partial charge in [-0.2, -0.15) is 5.26 Å². The van der Waals surface area contributed by atoms with E-state index in [1.165, 1.54) is 0 Å². The molecule has 1 rings (SSSR count). The Hall–Kier alpha value is -0.570. The Kier molecular flexibility index (Phi) is 5.64. The van der Waals surface area contributed by atoms with Crippen LogP contribution in [0.25, 0.3) is 0 Å². The number of methoxy groups -OCH3 is 1. The zero-order valence-electron chi connectivity index (χ0n) is 10.7. The summed E-state index contributed by atoms with van der Waals surface area (Å²) in [6, 6.07) is 6.22. The first-order chi connectivity index (χ1) is 8.39. The minimum Gasteiger partial charge on any atom is -0.495 e. The van der Waals surface area contributed by atoms with Gasteiger partial charge in [0.25, 0.3) is 0 Å². The highest BCUT2D eigenvalue weighted by Crippen LogP contribution is 2.32. The summed E-state index contributed by atoms with van der Waals surface area (Å²) in [5, 5.41) is 12.2.